The van der Waals surface area contributed by atoms with E-state index in [9.17, 15) is 9.59 Å². The van der Waals surface area contributed by atoms with Gasteiger partial charge in [0.1, 0.15) is 0 Å². The number of carboxylic acid groups (broad SMARTS) is 1. The van der Waals surface area contributed by atoms with Gasteiger partial charge < -0.3 is 24.6 Å². The van der Waals surface area contributed by atoms with Crippen LogP contribution < -0.4 is 14.8 Å². The second-order valence-corrected chi connectivity index (χ2v) is 5.66. The van der Waals surface area contributed by atoms with E-state index >= 15 is 0 Å². The zero-order valence-electron chi connectivity index (χ0n) is 13.9. The largest absolute Gasteiger partial charge is 0.493 e. The molecular weight excluding hydrogens is 314 g/mol. The molecule has 1 heterocycles. The maximum atomic E-state index is 12.4. The number of nitrogens with one attached hydrogen (secondary N) is 1. The maximum absolute atomic E-state index is 12.4. The van der Waals surface area contributed by atoms with Crippen molar-refractivity contribution < 1.29 is 28.9 Å². The van der Waals surface area contributed by atoms with Crippen molar-refractivity contribution in [2.45, 2.75) is 25.3 Å². The summed E-state index contributed by atoms with van der Waals surface area (Å²) in [7, 11) is 3.04. The normalized spacial score (nSPS) is 16.2. The fourth-order valence-electron chi connectivity index (χ4n) is 2.75. The lowest BCUT2D eigenvalue weighted by Gasteiger charge is -2.25. The number of hydrogen-bond acceptors (Lipinski definition) is 5. The molecule has 1 aromatic carbocycles. The van der Waals surface area contributed by atoms with Gasteiger partial charge in [0.25, 0.3) is 0 Å². The molecule has 2 rings (SSSR count). The highest BCUT2D eigenvalue weighted by molar-refractivity contribution is 5.80. The molecule has 1 aromatic rings. The summed E-state index contributed by atoms with van der Waals surface area (Å²) >= 11 is 0. The molecule has 0 aromatic heterocycles. The summed E-state index contributed by atoms with van der Waals surface area (Å²) in [5, 5.41) is 12.0. The monoisotopic (exact) mass is 337 g/mol. The van der Waals surface area contributed by atoms with E-state index in [-0.39, 0.29) is 18.2 Å². The standard InChI is InChI=1S/C17H23NO6/c1-22-14-4-3-12(9-15(14)23-2)13(10-16(19)20)18-17(21)11-5-7-24-8-6-11/h3-4,9,11,13H,5-8,10H2,1-2H3,(H,18,21)(H,19,20). The molecule has 1 amide bonds. The Labute approximate surface area is 140 Å². The van der Waals surface area contributed by atoms with Crippen molar-refractivity contribution in [2.24, 2.45) is 5.92 Å². The molecule has 24 heavy (non-hydrogen) atoms. The summed E-state index contributed by atoms with van der Waals surface area (Å²) in [5.41, 5.74) is 0.662. The molecular formula is C17H23NO6. The van der Waals surface area contributed by atoms with Crippen LogP contribution in [0.1, 0.15) is 30.9 Å². The molecule has 1 atom stereocenters. The van der Waals surface area contributed by atoms with Gasteiger partial charge in [-0.15, -0.1) is 0 Å². The predicted octanol–water partition coefficient (Wildman–Crippen LogP) is 1.76. The fraction of sp³-hybridized carbons (Fsp3) is 0.529. The Kier molecular flexibility index (Phi) is 6.43. The zero-order valence-corrected chi connectivity index (χ0v) is 13.9. The Hall–Kier alpha value is -2.28. The number of hydrogen-bond donors (Lipinski definition) is 2. The van der Waals surface area contributed by atoms with Crippen LogP contribution in [0.25, 0.3) is 0 Å². The van der Waals surface area contributed by atoms with E-state index < -0.39 is 12.0 Å². The first-order valence-corrected chi connectivity index (χ1v) is 7.87. The number of amides is 1. The van der Waals surface area contributed by atoms with Crippen molar-refractivity contribution in [3.8, 4) is 11.5 Å². The molecule has 1 aliphatic rings. The molecule has 1 saturated heterocycles. The third-order valence-corrected chi connectivity index (χ3v) is 4.10. The van der Waals surface area contributed by atoms with Gasteiger partial charge in [-0.05, 0) is 30.5 Å². The second kappa shape index (κ2) is 8.54. The Morgan fingerprint density at radius 2 is 1.92 bits per heavy atom. The van der Waals surface area contributed by atoms with Gasteiger partial charge in [-0.3, -0.25) is 9.59 Å². The zero-order chi connectivity index (χ0) is 17.5. The van der Waals surface area contributed by atoms with Crippen molar-refractivity contribution in [2.75, 3.05) is 27.4 Å². The van der Waals surface area contributed by atoms with Gasteiger partial charge >= 0.3 is 5.97 Å². The minimum Gasteiger partial charge on any atom is -0.493 e. The van der Waals surface area contributed by atoms with Crippen LogP contribution in [-0.2, 0) is 14.3 Å². The van der Waals surface area contributed by atoms with E-state index in [2.05, 4.69) is 5.32 Å². The molecule has 0 bridgehead atoms. The lowest BCUT2D eigenvalue weighted by Crippen LogP contribution is -2.37. The van der Waals surface area contributed by atoms with Gasteiger partial charge in [0.05, 0.1) is 26.7 Å². The van der Waals surface area contributed by atoms with E-state index in [1.807, 2.05) is 0 Å². The first kappa shape index (κ1) is 18.1. The van der Waals surface area contributed by atoms with Gasteiger partial charge in [-0.25, -0.2) is 0 Å². The highest BCUT2D eigenvalue weighted by atomic mass is 16.5. The van der Waals surface area contributed by atoms with Crippen molar-refractivity contribution in [1.82, 2.24) is 5.32 Å². The number of methoxy groups -OCH3 is 2. The maximum Gasteiger partial charge on any atom is 0.305 e. The Morgan fingerprint density at radius 1 is 1.25 bits per heavy atom. The molecule has 132 valence electrons. The minimum absolute atomic E-state index is 0.140. The Morgan fingerprint density at radius 3 is 2.50 bits per heavy atom. The summed E-state index contributed by atoms with van der Waals surface area (Å²) < 4.78 is 15.7. The summed E-state index contributed by atoms with van der Waals surface area (Å²) in [6.07, 6.45) is 1.10. The van der Waals surface area contributed by atoms with Crippen LogP contribution in [-0.4, -0.2) is 44.4 Å². The van der Waals surface area contributed by atoms with Crippen molar-refractivity contribution in [3.63, 3.8) is 0 Å². The van der Waals surface area contributed by atoms with E-state index in [0.717, 1.165) is 0 Å². The summed E-state index contributed by atoms with van der Waals surface area (Å²) in [5.74, 6) is -0.228. The fourth-order valence-corrected chi connectivity index (χ4v) is 2.75. The van der Waals surface area contributed by atoms with E-state index in [1.54, 1.807) is 18.2 Å². The van der Waals surface area contributed by atoms with Crippen molar-refractivity contribution in [3.05, 3.63) is 23.8 Å². The van der Waals surface area contributed by atoms with Gasteiger partial charge in [0.15, 0.2) is 11.5 Å². The number of carboxylic acids is 1. The molecule has 2 N–H and O–H groups in total. The quantitative estimate of drug-likeness (QED) is 0.787. The van der Waals surface area contributed by atoms with Gasteiger partial charge in [-0.2, -0.15) is 0 Å². The van der Waals surface area contributed by atoms with E-state index in [4.69, 9.17) is 19.3 Å². The minimum atomic E-state index is -0.984. The number of aliphatic carboxylic acids is 1. The van der Waals surface area contributed by atoms with Crippen LogP contribution in [0.5, 0.6) is 11.5 Å². The Bertz CT molecular complexity index is 582. The summed E-state index contributed by atoms with van der Waals surface area (Å²) in [6, 6.07) is 4.50. The smallest absolute Gasteiger partial charge is 0.305 e. The molecule has 0 saturated carbocycles. The lowest BCUT2D eigenvalue weighted by atomic mass is 9.97. The first-order valence-electron chi connectivity index (χ1n) is 7.87. The van der Waals surface area contributed by atoms with Crippen LogP contribution in [0.2, 0.25) is 0 Å². The molecule has 1 aliphatic heterocycles. The van der Waals surface area contributed by atoms with Crippen LogP contribution >= 0.6 is 0 Å². The molecule has 7 heteroatoms. The lowest BCUT2D eigenvalue weighted by molar-refractivity contribution is -0.138. The highest BCUT2D eigenvalue weighted by Crippen LogP contribution is 2.31. The molecule has 7 nitrogen and oxygen atoms in total. The molecule has 0 spiro atoms. The van der Waals surface area contributed by atoms with Gasteiger partial charge in [0.2, 0.25) is 5.91 Å². The number of ether oxygens (including phenoxy) is 3. The van der Waals surface area contributed by atoms with Crippen LogP contribution in [0.4, 0.5) is 0 Å². The third-order valence-electron chi connectivity index (χ3n) is 4.10. The molecule has 1 unspecified atom stereocenters. The molecule has 0 aliphatic carbocycles. The average molecular weight is 337 g/mol. The van der Waals surface area contributed by atoms with Gasteiger partial charge in [0, 0.05) is 19.1 Å². The predicted molar refractivity (Wildman–Crippen MR) is 86.2 cm³/mol. The van der Waals surface area contributed by atoms with Crippen LogP contribution in [0, 0.1) is 5.92 Å². The van der Waals surface area contributed by atoms with Crippen LogP contribution in [0.3, 0.4) is 0 Å². The molecule has 1 fully saturated rings. The van der Waals surface area contributed by atoms with Crippen molar-refractivity contribution >= 4 is 11.9 Å². The second-order valence-electron chi connectivity index (χ2n) is 5.66. The van der Waals surface area contributed by atoms with E-state index in [1.165, 1.54) is 14.2 Å². The van der Waals surface area contributed by atoms with Crippen molar-refractivity contribution in [1.29, 1.82) is 0 Å². The number of benzene rings is 1. The third kappa shape index (κ3) is 4.61. The van der Waals surface area contributed by atoms with Crippen LogP contribution in [0.15, 0.2) is 18.2 Å². The van der Waals surface area contributed by atoms with Gasteiger partial charge in [-0.1, -0.05) is 6.07 Å². The summed E-state index contributed by atoms with van der Waals surface area (Å²) in [4.78, 5) is 23.6. The number of carbonyl (C=O) groups is 2. The average Bonchev–Trinajstić information content (AvgIpc) is 2.60. The topological polar surface area (TPSA) is 94.1 Å². The SMILES string of the molecule is COc1ccc(C(CC(=O)O)NC(=O)C2CCOCC2)cc1OC. The molecule has 0 radical (unpaired) electrons. The number of rotatable bonds is 7. The number of carbonyl (C=O) groups excluding carboxylic acids is 1. The Balaban J connectivity index is 2.18. The van der Waals surface area contributed by atoms with E-state index in [0.29, 0.717) is 43.1 Å². The highest BCUT2D eigenvalue weighted by Gasteiger charge is 2.26. The summed E-state index contributed by atoms with van der Waals surface area (Å²) in [6.45, 7) is 1.11. The first-order chi connectivity index (χ1) is 11.5.